The van der Waals surface area contributed by atoms with Gasteiger partial charge in [-0.3, -0.25) is 0 Å². The van der Waals surface area contributed by atoms with Crippen LogP contribution in [0.3, 0.4) is 0 Å². The maximum Gasteiger partial charge on any atom is 0.124 e. The van der Waals surface area contributed by atoms with Crippen LogP contribution in [0.4, 0.5) is 0 Å². The van der Waals surface area contributed by atoms with Crippen molar-refractivity contribution in [2.24, 2.45) is 0 Å². The molecule has 1 aromatic rings. The Labute approximate surface area is 116 Å². The fourth-order valence-electron chi connectivity index (χ4n) is 1.84. The fourth-order valence-corrected chi connectivity index (χ4v) is 1.84. The summed E-state index contributed by atoms with van der Waals surface area (Å²) in [4.78, 5) is 0. The van der Waals surface area contributed by atoms with Crippen molar-refractivity contribution in [1.82, 2.24) is 5.32 Å². The molecule has 0 spiro atoms. The molecule has 108 valence electrons. The number of methoxy groups -OCH3 is 2. The van der Waals surface area contributed by atoms with Crippen LogP contribution in [0.1, 0.15) is 25.0 Å². The van der Waals surface area contributed by atoms with Crippen molar-refractivity contribution in [2.75, 3.05) is 27.4 Å². The van der Waals surface area contributed by atoms with E-state index in [-0.39, 0.29) is 6.10 Å². The fraction of sp³-hybridized carbons (Fsp3) is 0.600. The molecule has 0 aromatic heterocycles. The van der Waals surface area contributed by atoms with Crippen molar-refractivity contribution in [1.29, 1.82) is 0 Å². The number of rotatable bonds is 9. The number of nitrogens with one attached hydrogen (secondary N) is 1. The molecule has 0 amide bonds. The van der Waals surface area contributed by atoms with Crippen molar-refractivity contribution in [3.63, 3.8) is 0 Å². The molecule has 4 heteroatoms. The minimum atomic E-state index is 0.0760. The summed E-state index contributed by atoms with van der Waals surface area (Å²) in [7, 11) is 3.36. The van der Waals surface area contributed by atoms with Crippen LogP contribution >= 0.6 is 0 Å². The van der Waals surface area contributed by atoms with Crippen LogP contribution in [0.25, 0.3) is 0 Å². The summed E-state index contributed by atoms with van der Waals surface area (Å²) in [6.45, 7) is 7.05. The molecule has 0 heterocycles. The minimum Gasteiger partial charge on any atom is -0.496 e. The molecular formula is C15H25NO3. The molecule has 0 fully saturated rings. The van der Waals surface area contributed by atoms with Gasteiger partial charge in [0.15, 0.2) is 0 Å². The summed E-state index contributed by atoms with van der Waals surface area (Å²) in [5.74, 6) is 0.866. The molecular weight excluding hydrogens is 242 g/mol. The minimum absolute atomic E-state index is 0.0760. The lowest BCUT2D eigenvalue weighted by Crippen LogP contribution is -2.15. The predicted octanol–water partition coefficient (Wildman–Crippen LogP) is 2.36. The van der Waals surface area contributed by atoms with Crippen LogP contribution in [-0.2, 0) is 22.6 Å². The molecule has 1 N–H and O–H groups in total. The zero-order chi connectivity index (χ0) is 14.1. The normalized spacial score (nSPS) is 12.4. The van der Waals surface area contributed by atoms with Crippen molar-refractivity contribution in [3.05, 3.63) is 29.3 Å². The van der Waals surface area contributed by atoms with Gasteiger partial charge in [-0.2, -0.15) is 0 Å². The lowest BCUT2D eigenvalue weighted by atomic mass is 10.1. The van der Waals surface area contributed by atoms with Crippen LogP contribution in [0.2, 0.25) is 0 Å². The number of hydrogen-bond donors (Lipinski definition) is 1. The first kappa shape index (κ1) is 16.0. The molecule has 1 unspecified atom stereocenters. The molecule has 0 aliphatic carbocycles. The second-order valence-electron chi connectivity index (χ2n) is 4.50. The van der Waals surface area contributed by atoms with Gasteiger partial charge in [0.1, 0.15) is 5.75 Å². The number of ether oxygens (including phenoxy) is 3. The number of hydrogen-bond acceptors (Lipinski definition) is 4. The van der Waals surface area contributed by atoms with Crippen molar-refractivity contribution in [3.8, 4) is 5.75 Å². The SMILES string of the molecule is CCNCc1ccc(OC)c(COC(C)COC)c1. The van der Waals surface area contributed by atoms with Gasteiger partial charge >= 0.3 is 0 Å². The van der Waals surface area contributed by atoms with Crippen LogP contribution in [-0.4, -0.2) is 33.5 Å². The van der Waals surface area contributed by atoms with Gasteiger partial charge < -0.3 is 19.5 Å². The molecule has 19 heavy (non-hydrogen) atoms. The molecule has 1 rings (SSSR count). The molecule has 0 saturated heterocycles. The highest BCUT2D eigenvalue weighted by Gasteiger charge is 2.07. The van der Waals surface area contributed by atoms with E-state index in [1.165, 1.54) is 5.56 Å². The van der Waals surface area contributed by atoms with Gasteiger partial charge in [0.2, 0.25) is 0 Å². The predicted molar refractivity (Wildman–Crippen MR) is 76.5 cm³/mol. The Hall–Kier alpha value is -1.10. The van der Waals surface area contributed by atoms with Gasteiger partial charge in [0.05, 0.1) is 26.4 Å². The van der Waals surface area contributed by atoms with Gasteiger partial charge in [0.25, 0.3) is 0 Å². The zero-order valence-electron chi connectivity index (χ0n) is 12.4. The van der Waals surface area contributed by atoms with Gasteiger partial charge in [-0.1, -0.05) is 13.0 Å². The Morgan fingerprint density at radius 3 is 2.68 bits per heavy atom. The Balaban J connectivity index is 2.66. The molecule has 1 atom stereocenters. The van der Waals surface area contributed by atoms with E-state index in [4.69, 9.17) is 14.2 Å². The molecule has 0 aliphatic rings. The maximum absolute atomic E-state index is 5.74. The van der Waals surface area contributed by atoms with Crippen LogP contribution in [0.5, 0.6) is 5.75 Å². The van der Waals surface area contributed by atoms with E-state index in [0.717, 1.165) is 24.4 Å². The Bertz CT molecular complexity index is 368. The largest absolute Gasteiger partial charge is 0.496 e. The monoisotopic (exact) mass is 267 g/mol. The first-order valence-electron chi connectivity index (χ1n) is 6.68. The average molecular weight is 267 g/mol. The van der Waals surface area contributed by atoms with Crippen LogP contribution in [0.15, 0.2) is 18.2 Å². The van der Waals surface area contributed by atoms with E-state index < -0.39 is 0 Å². The van der Waals surface area contributed by atoms with E-state index in [9.17, 15) is 0 Å². The van der Waals surface area contributed by atoms with E-state index in [0.29, 0.717) is 13.2 Å². The van der Waals surface area contributed by atoms with Crippen molar-refractivity contribution >= 4 is 0 Å². The van der Waals surface area contributed by atoms with Crippen LogP contribution < -0.4 is 10.1 Å². The van der Waals surface area contributed by atoms with E-state index >= 15 is 0 Å². The van der Waals surface area contributed by atoms with Crippen molar-refractivity contribution in [2.45, 2.75) is 33.1 Å². The highest BCUT2D eigenvalue weighted by molar-refractivity contribution is 5.36. The Morgan fingerprint density at radius 2 is 2.05 bits per heavy atom. The maximum atomic E-state index is 5.74. The smallest absolute Gasteiger partial charge is 0.124 e. The van der Waals surface area contributed by atoms with E-state index in [1.54, 1.807) is 14.2 Å². The third-order valence-electron chi connectivity index (χ3n) is 2.85. The summed E-state index contributed by atoms with van der Waals surface area (Å²) in [5, 5.41) is 3.31. The highest BCUT2D eigenvalue weighted by atomic mass is 16.5. The summed E-state index contributed by atoms with van der Waals surface area (Å²) in [6, 6.07) is 6.19. The third-order valence-corrected chi connectivity index (χ3v) is 2.85. The second-order valence-corrected chi connectivity index (χ2v) is 4.50. The molecule has 4 nitrogen and oxygen atoms in total. The quantitative estimate of drug-likeness (QED) is 0.745. The first-order valence-corrected chi connectivity index (χ1v) is 6.68. The molecule has 0 saturated carbocycles. The molecule has 0 bridgehead atoms. The summed E-state index contributed by atoms with van der Waals surface area (Å²) < 4.78 is 16.2. The topological polar surface area (TPSA) is 39.7 Å². The van der Waals surface area contributed by atoms with Gasteiger partial charge in [-0.25, -0.2) is 0 Å². The molecule has 0 radical (unpaired) electrons. The Morgan fingerprint density at radius 1 is 1.26 bits per heavy atom. The summed E-state index contributed by atoms with van der Waals surface area (Å²) in [5.41, 5.74) is 2.31. The molecule has 1 aromatic carbocycles. The standard InChI is InChI=1S/C15H25NO3/c1-5-16-9-13-6-7-15(18-4)14(8-13)11-19-12(2)10-17-3/h6-8,12,16H,5,9-11H2,1-4H3. The van der Waals surface area contributed by atoms with Crippen molar-refractivity contribution < 1.29 is 14.2 Å². The lowest BCUT2D eigenvalue weighted by Gasteiger charge is -2.15. The molecule has 0 aliphatic heterocycles. The third kappa shape index (κ3) is 5.59. The Kier molecular flexibility index (Phi) is 7.48. The average Bonchev–Trinajstić information content (AvgIpc) is 2.43. The second kappa shape index (κ2) is 8.91. The number of benzene rings is 1. The first-order chi connectivity index (χ1) is 9.21. The van der Waals surface area contributed by atoms with Gasteiger partial charge in [-0.15, -0.1) is 0 Å². The highest BCUT2D eigenvalue weighted by Crippen LogP contribution is 2.21. The van der Waals surface area contributed by atoms with Gasteiger partial charge in [0, 0.05) is 19.2 Å². The summed E-state index contributed by atoms with van der Waals surface area (Å²) in [6.07, 6.45) is 0.0760. The summed E-state index contributed by atoms with van der Waals surface area (Å²) >= 11 is 0. The van der Waals surface area contributed by atoms with Crippen LogP contribution in [0, 0.1) is 0 Å². The van der Waals surface area contributed by atoms with Gasteiger partial charge in [-0.05, 0) is 31.2 Å². The van der Waals surface area contributed by atoms with E-state index in [2.05, 4.69) is 24.4 Å². The zero-order valence-corrected chi connectivity index (χ0v) is 12.4. The lowest BCUT2D eigenvalue weighted by molar-refractivity contribution is -0.000756. The van der Waals surface area contributed by atoms with E-state index in [1.807, 2.05) is 13.0 Å².